The van der Waals surface area contributed by atoms with Crippen LogP contribution in [0, 0.1) is 34.5 Å². The zero-order valence-electron chi connectivity index (χ0n) is 14.6. The molecule has 0 heteroatoms. The van der Waals surface area contributed by atoms with E-state index >= 15 is 0 Å². The smallest absolute Gasteiger partial charge is 0.00878 e. The first kappa shape index (κ1) is 14.8. The Morgan fingerprint density at radius 1 is 0.909 bits per heavy atom. The van der Waals surface area contributed by atoms with Crippen LogP contribution < -0.4 is 0 Å². The van der Waals surface area contributed by atoms with E-state index in [9.17, 15) is 0 Å². The molecule has 120 valence electrons. The molecule has 0 amide bonds. The summed E-state index contributed by atoms with van der Waals surface area (Å²) >= 11 is 0. The number of fused-ring (bicyclic) bond motifs is 5. The molecule has 4 rings (SSSR count). The van der Waals surface area contributed by atoms with Gasteiger partial charge in [0, 0.05) is 0 Å². The highest BCUT2D eigenvalue weighted by molar-refractivity contribution is 5.27. The molecular weight excluding hydrogens is 264 g/mol. The van der Waals surface area contributed by atoms with Gasteiger partial charge < -0.3 is 0 Å². The van der Waals surface area contributed by atoms with Gasteiger partial charge in [0.1, 0.15) is 0 Å². The van der Waals surface area contributed by atoms with Crippen molar-refractivity contribution < 1.29 is 0 Å². The highest BCUT2D eigenvalue weighted by Crippen LogP contribution is 2.68. The van der Waals surface area contributed by atoms with Gasteiger partial charge in [-0.2, -0.15) is 0 Å². The molecule has 0 spiro atoms. The summed E-state index contributed by atoms with van der Waals surface area (Å²) in [6.07, 6.45) is 10.6. The van der Waals surface area contributed by atoms with Crippen LogP contribution in [0.25, 0.3) is 0 Å². The predicted octanol–water partition coefficient (Wildman–Crippen LogP) is 6.31. The molecule has 6 atom stereocenters. The lowest BCUT2D eigenvalue weighted by atomic mass is 9.44. The third-order valence-electron chi connectivity index (χ3n) is 8.54. The first-order chi connectivity index (χ1) is 10.4. The lowest BCUT2D eigenvalue weighted by Gasteiger charge is -2.60. The second kappa shape index (κ2) is 4.62. The molecule has 0 aromatic carbocycles. The molecule has 0 bridgehead atoms. The van der Waals surface area contributed by atoms with Crippen LogP contribution in [-0.2, 0) is 0 Å². The van der Waals surface area contributed by atoms with Crippen LogP contribution in [-0.4, -0.2) is 0 Å². The second-order valence-electron chi connectivity index (χ2n) is 9.35. The standard InChI is InChI=1S/C22H32/c1-14-8-10-22(5)19-9-11-21(4)16(3)6-7-18(21)17(19)13-15(2)20(22)12-14/h17-20H,1-3,6-13H2,4-5H3. The molecule has 4 aliphatic rings. The van der Waals surface area contributed by atoms with E-state index in [1.807, 2.05) is 0 Å². The zero-order chi connectivity index (χ0) is 15.7. The van der Waals surface area contributed by atoms with E-state index in [-0.39, 0.29) is 0 Å². The van der Waals surface area contributed by atoms with Crippen molar-refractivity contribution in [1.82, 2.24) is 0 Å². The van der Waals surface area contributed by atoms with Crippen LogP contribution in [0.2, 0.25) is 0 Å². The number of hydrogen-bond donors (Lipinski definition) is 0. The molecule has 0 heterocycles. The summed E-state index contributed by atoms with van der Waals surface area (Å²) in [5.41, 5.74) is 5.49. The average Bonchev–Trinajstić information content (AvgIpc) is 2.77. The Bertz CT molecular complexity index is 552. The van der Waals surface area contributed by atoms with Crippen molar-refractivity contribution in [2.75, 3.05) is 0 Å². The highest BCUT2D eigenvalue weighted by Gasteiger charge is 2.59. The largest absolute Gasteiger partial charge is 0.0998 e. The normalized spacial score (nSPS) is 51.3. The Labute approximate surface area is 136 Å². The first-order valence-electron chi connectivity index (χ1n) is 9.39. The quantitative estimate of drug-likeness (QED) is 0.460. The molecule has 0 aliphatic heterocycles. The van der Waals surface area contributed by atoms with Gasteiger partial charge in [0.05, 0.1) is 0 Å². The van der Waals surface area contributed by atoms with Crippen molar-refractivity contribution in [1.29, 1.82) is 0 Å². The fourth-order valence-corrected chi connectivity index (χ4v) is 7.04. The van der Waals surface area contributed by atoms with Crippen LogP contribution in [0.1, 0.15) is 65.2 Å². The Balaban J connectivity index is 1.71. The summed E-state index contributed by atoms with van der Waals surface area (Å²) in [5, 5.41) is 0. The van der Waals surface area contributed by atoms with Gasteiger partial charge in [0.25, 0.3) is 0 Å². The van der Waals surface area contributed by atoms with Crippen LogP contribution in [0.5, 0.6) is 0 Å². The van der Waals surface area contributed by atoms with E-state index in [2.05, 4.69) is 33.6 Å². The molecule has 4 aliphatic carbocycles. The van der Waals surface area contributed by atoms with E-state index < -0.39 is 0 Å². The van der Waals surface area contributed by atoms with E-state index in [0.29, 0.717) is 16.7 Å². The topological polar surface area (TPSA) is 0 Å². The van der Waals surface area contributed by atoms with Crippen molar-refractivity contribution in [3.05, 3.63) is 36.5 Å². The van der Waals surface area contributed by atoms with E-state index in [4.69, 9.17) is 0 Å². The molecule has 0 N–H and O–H groups in total. The fraction of sp³-hybridized carbons (Fsp3) is 0.727. The fourth-order valence-electron chi connectivity index (χ4n) is 7.04. The minimum atomic E-state index is 0.433. The Morgan fingerprint density at radius 3 is 2.45 bits per heavy atom. The number of allylic oxidation sites excluding steroid dienone is 3. The molecular formula is C22H32. The summed E-state index contributed by atoms with van der Waals surface area (Å²) in [4.78, 5) is 0. The molecule has 4 fully saturated rings. The van der Waals surface area contributed by atoms with Crippen molar-refractivity contribution in [2.24, 2.45) is 34.5 Å². The van der Waals surface area contributed by atoms with Gasteiger partial charge in [-0.15, -0.1) is 0 Å². The van der Waals surface area contributed by atoms with E-state index in [1.165, 1.54) is 56.9 Å². The molecule has 0 radical (unpaired) electrons. The maximum absolute atomic E-state index is 4.56. The minimum absolute atomic E-state index is 0.433. The van der Waals surface area contributed by atoms with Crippen LogP contribution in [0.3, 0.4) is 0 Å². The predicted molar refractivity (Wildman–Crippen MR) is 94.5 cm³/mol. The van der Waals surface area contributed by atoms with E-state index in [0.717, 1.165) is 17.8 Å². The van der Waals surface area contributed by atoms with Crippen molar-refractivity contribution in [3.8, 4) is 0 Å². The monoisotopic (exact) mass is 296 g/mol. The van der Waals surface area contributed by atoms with Crippen LogP contribution in [0.15, 0.2) is 36.5 Å². The lowest BCUT2D eigenvalue weighted by Crippen LogP contribution is -2.52. The van der Waals surface area contributed by atoms with Gasteiger partial charge in [0.2, 0.25) is 0 Å². The number of hydrogen-bond acceptors (Lipinski definition) is 0. The maximum Gasteiger partial charge on any atom is -0.00878 e. The molecule has 4 saturated carbocycles. The minimum Gasteiger partial charge on any atom is -0.0998 e. The van der Waals surface area contributed by atoms with Crippen LogP contribution >= 0.6 is 0 Å². The van der Waals surface area contributed by atoms with Gasteiger partial charge in [-0.3, -0.25) is 0 Å². The summed E-state index contributed by atoms with van der Waals surface area (Å²) in [5.74, 6) is 3.38. The molecule has 6 unspecified atom stereocenters. The average molecular weight is 296 g/mol. The Morgan fingerprint density at radius 2 is 1.68 bits per heavy atom. The SMILES string of the molecule is C=C1CCC2(C)C(C1)C(=C)CC1C3CCC(=C)C3(C)CCC12. The zero-order valence-corrected chi connectivity index (χ0v) is 14.6. The van der Waals surface area contributed by atoms with Gasteiger partial charge in [0.15, 0.2) is 0 Å². The highest BCUT2D eigenvalue weighted by atomic mass is 14.6. The van der Waals surface area contributed by atoms with Gasteiger partial charge >= 0.3 is 0 Å². The van der Waals surface area contributed by atoms with E-state index in [1.54, 1.807) is 11.1 Å². The molecule has 0 aromatic rings. The summed E-state index contributed by atoms with van der Waals surface area (Å²) in [6.45, 7) is 18.4. The Kier molecular flexibility index (Phi) is 3.10. The van der Waals surface area contributed by atoms with Crippen LogP contribution in [0.4, 0.5) is 0 Å². The maximum atomic E-state index is 4.56. The van der Waals surface area contributed by atoms with Gasteiger partial charge in [-0.05, 0) is 85.9 Å². The molecule has 0 aromatic heterocycles. The lowest BCUT2D eigenvalue weighted by molar-refractivity contribution is -0.0665. The molecule has 0 nitrogen and oxygen atoms in total. The summed E-state index contributed by atoms with van der Waals surface area (Å²) < 4.78 is 0. The third-order valence-corrected chi connectivity index (χ3v) is 8.54. The van der Waals surface area contributed by atoms with Crippen molar-refractivity contribution in [2.45, 2.75) is 65.2 Å². The third kappa shape index (κ3) is 1.76. The van der Waals surface area contributed by atoms with Crippen molar-refractivity contribution in [3.63, 3.8) is 0 Å². The van der Waals surface area contributed by atoms with Gasteiger partial charge in [-0.1, -0.05) is 50.3 Å². The molecule has 22 heavy (non-hydrogen) atoms. The van der Waals surface area contributed by atoms with Crippen molar-refractivity contribution >= 4 is 0 Å². The van der Waals surface area contributed by atoms with Gasteiger partial charge in [-0.25, -0.2) is 0 Å². The second-order valence-corrected chi connectivity index (χ2v) is 9.35. The molecule has 0 saturated heterocycles. The number of rotatable bonds is 0. The Hall–Kier alpha value is -0.780. The first-order valence-corrected chi connectivity index (χ1v) is 9.39. The summed E-state index contributed by atoms with van der Waals surface area (Å²) in [6, 6.07) is 0. The summed E-state index contributed by atoms with van der Waals surface area (Å²) in [7, 11) is 0.